The van der Waals surface area contributed by atoms with Crippen LogP contribution in [0.2, 0.25) is 0 Å². The lowest BCUT2D eigenvalue weighted by atomic mass is 10.0. The number of para-hydroxylation sites is 2. The van der Waals surface area contributed by atoms with Crippen molar-refractivity contribution in [2.75, 3.05) is 76.3 Å². The molecule has 10 heteroatoms. The predicted molar refractivity (Wildman–Crippen MR) is 234 cm³/mol. The highest BCUT2D eigenvalue weighted by Gasteiger charge is 2.33. The van der Waals surface area contributed by atoms with Gasteiger partial charge in [-0.05, 0) is 165 Å². The van der Waals surface area contributed by atoms with Gasteiger partial charge in [-0.1, -0.05) is 63.7 Å². The van der Waals surface area contributed by atoms with Crippen molar-refractivity contribution >= 4 is 68.1 Å². The number of hydrogen-bond acceptors (Lipinski definition) is 8. The van der Waals surface area contributed by atoms with E-state index in [4.69, 9.17) is 0 Å². The zero-order chi connectivity index (χ0) is 37.7. The van der Waals surface area contributed by atoms with Gasteiger partial charge in [0, 0.05) is 54.8 Å². The molecule has 4 fully saturated rings. The fourth-order valence-corrected chi connectivity index (χ4v) is 11.4. The molecule has 0 bridgehead atoms. The van der Waals surface area contributed by atoms with Gasteiger partial charge in [0.1, 0.15) is 0 Å². The number of nitrogens with zero attached hydrogens (tertiary/aromatic N) is 5. The number of halogens is 1. The van der Waals surface area contributed by atoms with Crippen molar-refractivity contribution in [1.29, 1.82) is 0 Å². The van der Waals surface area contributed by atoms with Crippen molar-refractivity contribution in [1.82, 2.24) is 20.0 Å². The second-order valence-corrected chi connectivity index (χ2v) is 18.8. The van der Waals surface area contributed by atoms with Crippen molar-refractivity contribution < 1.29 is 4.79 Å². The normalized spacial score (nSPS) is 20.0. The molecule has 6 aliphatic rings. The SMILES string of the molecule is C1CCNC1.CN1CCC(N2c3ccccc3Sc3cc(Br)ccc32)CC1.CN1CCC(N2c3ccccc3Sc3cc(C(=O)N4CCCC4)ccc32)CC1. The van der Waals surface area contributed by atoms with E-state index in [1.165, 1.54) is 107 Å². The van der Waals surface area contributed by atoms with Crippen LogP contribution in [0.1, 0.15) is 61.7 Å². The van der Waals surface area contributed by atoms with Crippen LogP contribution in [0.25, 0.3) is 0 Å². The highest BCUT2D eigenvalue weighted by atomic mass is 79.9. The van der Waals surface area contributed by atoms with Gasteiger partial charge in [-0.2, -0.15) is 0 Å². The molecule has 0 aromatic heterocycles. The molecule has 6 aliphatic heterocycles. The molecule has 1 amide bonds. The summed E-state index contributed by atoms with van der Waals surface area (Å²) >= 11 is 7.30. The maximum Gasteiger partial charge on any atom is 0.253 e. The largest absolute Gasteiger partial charge is 0.339 e. The molecule has 0 aliphatic carbocycles. The Labute approximate surface area is 345 Å². The summed E-state index contributed by atoms with van der Waals surface area (Å²) in [5.74, 6) is 0.186. The molecule has 55 heavy (non-hydrogen) atoms. The number of fused-ring (bicyclic) bond motifs is 4. The Balaban J connectivity index is 0.000000141. The van der Waals surface area contributed by atoms with Crippen molar-refractivity contribution in [3.05, 3.63) is 95.0 Å². The van der Waals surface area contributed by atoms with Crippen LogP contribution in [0.15, 0.2) is 109 Å². The van der Waals surface area contributed by atoms with Gasteiger partial charge in [-0.25, -0.2) is 0 Å². The summed E-state index contributed by atoms with van der Waals surface area (Å²) in [6.07, 6.45) is 9.83. The maximum atomic E-state index is 12.9. The first-order chi connectivity index (χ1) is 26.9. The summed E-state index contributed by atoms with van der Waals surface area (Å²) in [6, 6.07) is 31.6. The molecule has 4 saturated heterocycles. The minimum Gasteiger partial charge on any atom is -0.339 e. The van der Waals surface area contributed by atoms with E-state index < -0.39 is 0 Å². The quantitative estimate of drug-likeness (QED) is 0.219. The zero-order valence-electron chi connectivity index (χ0n) is 32.4. The monoisotopic (exact) mass is 838 g/mol. The Bertz CT molecular complexity index is 1930. The second-order valence-electron chi connectivity index (χ2n) is 15.7. The van der Waals surface area contributed by atoms with Gasteiger partial charge in [-0.3, -0.25) is 4.79 Å². The standard InChI is InChI=1S/C23H27N3OS.C18H19BrN2S.C4H9N/c1-24-14-10-18(11-15-24)26-19-6-2-3-7-21(19)28-22-16-17(8-9-20(22)26)23(27)25-12-4-5-13-25;1-20-10-8-14(9-11-20)21-15-4-2-3-5-17(15)22-18-12-13(19)6-7-16(18)21;1-2-4-5-3-1/h2-3,6-9,16,18H,4-5,10-15H2,1H3;2-7,12,14H,8-11H2,1H3;5H,1-4H2. The van der Waals surface area contributed by atoms with Crippen LogP contribution in [-0.4, -0.2) is 99.1 Å². The van der Waals surface area contributed by atoms with Gasteiger partial charge in [0.15, 0.2) is 0 Å². The lowest BCUT2D eigenvalue weighted by Gasteiger charge is -2.42. The van der Waals surface area contributed by atoms with Gasteiger partial charge in [0.25, 0.3) is 5.91 Å². The lowest BCUT2D eigenvalue weighted by Crippen LogP contribution is -2.42. The molecule has 4 aromatic rings. The zero-order valence-corrected chi connectivity index (χ0v) is 35.6. The van der Waals surface area contributed by atoms with Gasteiger partial charge in [0.2, 0.25) is 0 Å². The topological polar surface area (TPSA) is 45.3 Å². The van der Waals surface area contributed by atoms with Crippen LogP contribution >= 0.6 is 39.5 Å². The first-order valence-electron chi connectivity index (χ1n) is 20.4. The van der Waals surface area contributed by atoms with E-state index in [9.17, 15) is 4.79 Å². The Morgan fingerprint density at radius 3 is 1.56 bits per heavy atom. The third-order valence-electron chi connectivity index (χ3n) is 11.8. The van der Waals surface area contributed by atoms with E-state index in [0.717, 1.165) is 49.1 Å². The third kappa shape index (κ3) is 8.95. The van der Waals surface area contributed by atoms with E-state index in [-0.39, 0.29) is 5.91 Å². The number of hydrogen-bond donors (Lipinski definition) is 1. The maximum absolute atomic E-state index is 12.9. The fraction of sp³-hybridized carbons (Fsp3) is 0.444. The number of carbonyl (C=O) groups excluding carboxylic acids is 1. The van der Waals surface area contributed by atoms with Crippen molar-refractivity contribution in [2.45, 2.75) is 83.0 Å². The van der Waals surface area contributed by atoms with E-state index in [1.54, 1.807) is 11.8 Å². The molecule has 10 rings (SSSR count). The minimum absolute atomic E-state index is 0.186. The van der Waals surface area contributed by atoms with E-state index in [1.807, 2.05) is 22.7 Å². The molecule has 0 spiro atoms. The Kier molecular flexibility index (Phi) is 12.8. The Hall–Kier alpha value is -2.99. The molecule has 290 valence electrons. The highest BCUT2D eigenvalue weighted by molar-refractivity contribution is 9.10. The number of piperidine rings is 2. The number of benzene rings is 4. The van der Waals surface area contributed by atoms with Gasteiger partial charge in [0.05, 0.1) is 22.7 Å². The van der Waals surface area contributed by atoms with E-state index in [2.05, 4.69) is 134 Å². The number of carbonyl (C=O) groups is 1. The Morgan fingerprint density at radius 2 is 1.05 bits per heavy atom. The summed E-state index contributed by atoms with van der Waals surface area (Å²) in [5, 5.41) is 3.22. The molecule has 7 nitrogen and oxygen atoms in total. The first kappa shape index (κ1) is 38.9. The molecule has 0 unspecified atom stereocenters. The van der Waals surface area contributed by atoms with Crippen molar-refractivity contribution in [3.8, 4) is 0 Å². The van der Waals surface area contributed by atoms with Crippen molar-refractivity contribution in [3.63, 3.8) is 0 Å². The fourth-order valence-electron chi connectivity index (χ4n) is 8.70. The van der Waals surface area contributed by atoms with Gasteiger partial charge in [-0.15, -0.1) is 0 Å². The molecular formula is C45H55BrN6OS2. The highest BCUT2D eigenvalue weighted by Crippen LogP contribution is 2.51. The van der Waals surface area contributed by atoms with E-state index >= 15 is 0 Å². The van der Waals surface area contributed by atoms with Crippen LogP contribution in [0, 0.1) is 0 Å². The smallest absolute Gasteiger partial charge is 0.253 e. The second kappa shape index (κ2) is 18.1. The average molecular weight is 840 g/mol. The predicted octanol–water partition coefficient (Wildman–Crippen LogP) is 10.1. The van der Waals surface area contributed by atoms with Gasteiger partial charge >= 0.3 is 0 Å². The average Bonchev–Trinajstić information content (AvgIpc) is 3.99. The number of nitrogens with one attached hydrogen (secondary N) is 1. The number of anilines is 4. The number of likely N-dealkylation sites (tertiary alicyclic amines) is 3. The molecule has 6 heterocycles. The molecule has 0 radical (unpaired) electrons. The summed E-state index contributed by atoms with van der Waals surface area (Å²) in [4.78, 5) is 30.1. The molecule has 0 saturated carbocycles. The molecule has 1 N–H and O–H groups in total. The van der Waals surface area contributed by atoms with Gasteiger partial charge < -0.3 is 29.8 Å². The first-order valence-corrected chi connectivity index (χ1v) is 22.8. The molecule has 0 atom stereocenters. The van der Waals surface area contributed by atoms with Crippen LogP contribution in [0.4, 0.5) is 22.7 Å². The molecular weight excluding hydrogens is 785 g/mol. The number of amides is 1. The van der Waals surface area contributed by atoms with Crippen LogP contribution < -0.4 is 15.1 Å². The third-order valence-corrected chi connectivity index (χ3v) is 14.5. The van der Waals surface area contributed by atoms with Crippen LogP contribution in [0.5, 0.6) is 0 Å². The summed E-state index contributed by atoms with van der Waals surface area (Å²) in [6.45, 7) is 8.93. The summed E-state index contributed by atoms with van der Waals surface area (Å²) in [7, 11) is 4.43. The van der Waals surface area contributed by atoms with E-state index in [0.29, 0.717) is 12.1 Å². The summed E-state index contributed by atoms with van der Waals surface area (Å²) in [5.41, 5.74) is 6.14. The lowest BCUT2D eigenvalue weighted by molar-refractivity contribution is 0.0792. The number of rotatable bonds is 3. The van der Waals surface area contributed by atoms with Crippen LogP contribution in [0.3, 0.4) is 0 Å². The Morgan fingerprint density at radius 1 is 0.582 bits per heavy atom. The van der Waals surface area contributed by atoms with Crippen LogP contribution in [-0.2, 0) is 0 Å². The summed E-state index contributed by atoms with van der Waals surface area (Å²) < 4.78 is 1.15. The molecule has 4 aromatic carbocycles. The minimum atomic E-state index is 0.186. The van der Waals surface area contributed by atoms with Crippen molar-refractivity contribution in [2.24, 2.45) is 0 Å².